The Kier molecular flexibility index (Phi) is 4.06. The molecule has 0 saturated heterocycles. The first-order valence-corrected chi connectivity index (χ1v) is 5.09. The maximum Gasteiger partial charge on any atom is 0.325 e. The number of H-pyrrole nitrogens is 1. The molecule has 0 radical (unpaired) electrons. The third-order valence-corrected chi connectivity index (χ3v) is 2.31. The summed E-state index contributed by atoms with van der Waals surface area (Å²) in [5.74, 6) is -3.82. The van der Waals surface area contributed by atoms with Gasteiger partial charge in [0, 0.05) is 6.42 Å². The summed E-state index contributed by atoms with van der Waals surface area (Å²) in [5.41, 5.74) is 0. The van der Waals surface area contributed by atoms with Crippen LogP contribution >= 0.6 is 12.2 Å². The Labute approximate surface area is 94.5 Å². The fourth-order valence-corrected chi connectivity index (χ4v) is 1.42. The molecule has 1 heterocycles. The molecule has 1 aromatic rings. The van der Waals surface area contributed by atoms with E-state index >= 15 is 0 Å². The van der Waals surface area contributed by atoms with Crippen molar-refractivity contribution < 1.29 is 17.6 Å². The highest BCUT2D eigenvalue weighted by atomic mass is 32.1. The Bertz CT molecular complexity index is 398. The van der Waals surface area contributed by atoms with Gasteiger partial charge in [0.05, 0.1) is 6.54 Å². The molecule has 0 saturated carbocycles. The number of hydrogen-bond acceptors (Lipinski definition) is 2. The lowest BCUT2D eigenvalue weighted by atomic mass is 10.3. The lowest BCUT2D eigenvalue weighted by molar-refractivity contribution is -0.138. The molecule has 0 aliphatic heterocycles. The predicted molar refractivity (Wildman–Crippen MR) is 52.4 cm³/mol. The van der Waals surface area contributed by atoms with E-state index in [4.69, 9.17) is 12.2 Å². The van der Waals surface area contributed by atoms with Crippen molar-refractivity contribution in [1.82, 2.24) is 14.8 Å². The lowest BCUT2D eigenvalue weighted by Gasteiger charge is -2.16. The van der Waals surface area contributed by atoms with Crippen molar-refractivity contribution in [3.63, 3.8) is 0 Å². The Morgan fingerprint density at radius 2 is 2.12 bits per heavy atom. The Hall–Kier alpha value is -0.920. The average Bonchev–Trinajstić information content (AvgIpc) is 2.50. The van der Waals surface area contributed by atoms with Crippen LogP contribution in [0.2, 0.25) is 0 Å². The van der Waals surface area contributed by atoms with E-state index < -0.39 is 18.9 Å². The minimum Gasteiger partial charge on any atom is -0.298 e. The molecule has 0 spiro atoms. The van der Waals surface area contributed by atoms with E-state index in [1.807, 2.05) is 6.92 Å². The summed E-state index contributed by atoms with van der Waals surface area (Å²) >= 11 is 4.71. The molecule has 0 aromatic carbocycles. The molecule has 0 aliphatic carbocycles. The third kappa shape index (κ3) is 2.81. The van der Waals surface area contributed by atoms with Crippen LogP contribution < -0.4 is 0 Å². The summed E-state index contributed by atoms with van der Waals surface area (Å²) in [6.07, 6.45) is -2.63. The van der Waals surface area contributed by atoms with Crippen molar-refractivity contribution in [3.8, 4) is 0 Å². The van der Waals surface area contributed by atoms with Gasteiger partial charge in [0.25, 0.3) is 0 Å². The van der Waals surface area contributed by atoms with Gasteiger partial charge >= 0.3 is 12.3 Å². The average molecular weight is 257 g/mol. The molecule has 3 nitrogen and oxygen atoms in total. The van der Waals surface area contributed by atoms with E-state index in [0.717, 1.165) is 4.57 Å². The summed E-state index contributed by atoms with van der Waals surface area (Å²) in [4.78, 5) is 0. The van der Waals surface area contributed by atoms with Crippen LogP contribution in [0, 0.1) is 4.77 Å². The second-order valence-electron chi connectivity index (χ2n) is 3.34. The van der Waals surface area contributed by atoms with E-state index in [-0.39, 0.29) is 10.6 Å². The molecule has 1 rings (SSSR count). The van der Waals surface area contributed by atoms with E-state index in [1.165, 1.54) is 0 Å². The van der Waals surface area contributed by atoms with Gasteiger partial charge in [0.2, 0.25) is 0 Å². The SMILES string of the molecule is CCCc1n[nH]c(=S)n1CC(F)(F)C(F)F. The van der Waals surface area contributed by atoms with Crippen LogP contribution in [0.3, 0.4) is 0 Å². The van der Waals surface area contributed by atoms with E-state index in [1.54, 1.807) is 0 Å². The summed E-state index contributed by atoms with van der Waals surface area (Å²) in [7, 11) is 0. The molecule has 92 valence electrons. The van der Waals surface area contributed by atoms with Gasteiger partial charge in [-0.15, -0.1) is 0 Å². The number of halogens is 4. The molecule has 0 fully saturated rings. The lowest BCUT2D eigenvalue weighted by Crippen LogP contribution is -2.32. The molecule has 0 unspecified atom stereocenters. The highest BCUT2D eigenvalue weighted by molar-refractivity contribution is 7.71. The van der Waals surface area contributed by atoms with E-state index in [2.05, 4.69) is 10.2 Å². The molecule has 16 heavy (non-hydrogen) atoms. The normalized spacial score (nSPS) is 12.4. The molecule has 0 atom stereocenters. The van der Waals surface area contributed by atoms with Gasteiger partial charge in [-0.3, -0.25) is 9.67 Å². The van der Waals surface area contributed by atoms with E-state index in [9.17, 15) is 17.6 Å². The van der Waals surface area contributed by atoms with Crippen LogP contribution in [0.25, 0.3) is 0 Å². The molecule has 8 heteroatoms. The van der Waals surface area contributed by atoms with Crippen molar-refractivity contribution >= 4 is 12.2 Å². The predicted octanol–water partition coefficient (Wildman–Crippen LogP) is 2.79. The molecular weight excluding hydrogens is 246 g/mol. The van der Waals surface area contributed by atoms with Crippen LogP contribution in [0.1, 0.15) is 19.2 Å². The molecule has 1 aromatic heterocycles. The standard InChI is InChI=1S/C8H11F4N3S/c1-2-3-5-13-14-7(16)15(5)4-8(11,12)6(9)10/h6H,2-4H2,1H3,(H,14,16). The number of rotatable bonds is 5. The largest absolute Gasteiger partial charge is 0.325 e. The second kappa shape index (κ2) is 4.94. The van der Waals surface area contributed by atoms with Crippen LogP contribution in [-0.4, -0.2) is 27.1 Å². The number of aryl methyl sites for hydroxylation is 1. The smallest absolute Gasteiger partial charge is 0.298 e. The first-order valence-electron chi connectivity index (χ1n) is 4.68. The maximum absolute atomic E-state index is 12.9. The Balaban J connectivity index is 2.96. The number of nitrogens with zero attached hydrogens (tertiary/aromatic N) is 2. The maximum atomic E-state index is 12.9. The summed E-state index contributed by atoms with van der Waals surface area (Å²) in [6.45, 7) is 0.683. The van der Waals surface area contributed by atoms with Crippen molar-refractivity contribution in [2.75, 3.05) is 0 Å². The zero-order chi connectivity index (χ0) is 12.3. The molecular formula is C8H11F4N3S. The topological polar surface area (TPSA) is 33.6 Å². The number of nitrogens with one attached hydrogen (secondary N) is 1. The first kappa shape index (κ1) is 13.1. The van der Waals surface area contributed by atoms with Gasteiger partial charge < -0.3 is 0 Å². The van der Waals surface area contributed by atoms with Gasteiger partial charge in [0.15, 0.2) is 4.77 Å². The number of aromatic amines is 1. The van der Waals surface area contributed by atoms with Gasteiger partial charge in [-0.05, 0) is 18.6 Å². The fraction of sp³-hybridized carbons (Fsp3) is 0.750. The molecule has 0 amide bonds. The number of aromatic nitrogens is 3. The van der Waals surface area contributed by atoms with Crippen molar-refractivity contribution in [1.29, 1.82) is 0 Å². The van der Waals surface area contributed by atoms with Crippen LogP contribution in [0.5, 0.6) is 0 Å². The zero-order valence-electron chi connectivity index (χ0n) is 8.51. The monoisotopic (exact) mass is 257 g/mol. The fourth-order valence-electron chi connectivity index (χ4n) is 1.21. The molecule has 1 N–H and O–H groups in total. The molecule has 0 bridgehead atoms. The van der Waals surface area contributed by atoms with Gasteiger partial charge in [0.1, 0.15) is 5.82 Å². The van der Waals surface area contributed by atoms with Crippen LogP contribution in [0.4, 0.5) is 17.6 Å². The molecule has 0 aliphatic rings. The Morgan fingerprint density at radius 1 is 1.50 bits per heavy atom. The highest BCUT2D eigenvalue weighted by Crippen LogP contribution is 2.25. The number of alkyl halides is 4. The quantitative estimate of drug-likeness (QED) is 0.650. The highest BCUT2D eigenvalue weighted by Gasteiger charge is 2.41. The van der Waals surface area contributed by atoms with Crippen LogP contribution in [0.15, 0.2) is 0 Å². The zero-order valence-corrected chi connectivity index (χ0v) is 9.33. The summed E-state index contributed by atoms with van der Waals surface area (Å²) < 4.78 is 50.6. The van der Waals surface area contributed by atoms with Gasteiger partial charge in [-0.1, -0.05) is 6.92 Å². The summed E-state index contributed by atoms with van der Waals surface area (Å²) in [5, 5.41) is 6.04. The van der Waals surface area contributed by atoms with Crippen molar-refractivity contribution in [2.24, 2.45) is 0 Å². The van der Waals surface area contributed by atoms with Gasteiger partial charge in [-0.2, -0.15) is 13.9 Å². The van der Waals surface area contributed by atoms with E-state index in [0.29, 0.717) is 12.8 Å². The number of hydrogen-bond donors (Lipinski definition) is 1. The van der Waals surface area contributed by atoms with Crippen molar-refractivity contribution in [3.05, 3.63) is 10.6 Å². The third-order valence-electron chi connectivity index (χ3n) is 2.00. The minimum atomic E-state index is -4.09. The summed E-state index contributed by atoms with van der Waals surface area (Å²) in [6, 6.07) is 0. The van der Waals surface area contributed by atoms with Crippen molar-refractivity contribution in [2.45, 2.75) is 38.7 Å². The Morgan fingerprint density at radius 3 is 2.62 bits per heavy atom. The van der Waals surface area contributed by atoms with Crippen LogP contribution in [-0.2, 0) is 13.0 Å². The minimum absolute atomic E-state index is 0.0659. The van der Waals surface area contributed by atoms with Gasteiger partial charge in [-0.25, -0.2) is 8.78 Å². The second-order valence-corrected chi connectivity index (χ2v) is 3.73. The first-order chi connectivity index (χ1) is 7.38.